The van der Waals surface area contributed by atoms with Gasteiger partial charge in [-0.25, -0.2) is 9.97 Å². The van der Waals surface area contributed by atoms with Gasteiger partial charge in [0.1, 0.15) is 22.3 Å². The highest BCUT2D eigenvalue weighted by Gasteiger charge is 2.18. The largest absolute Gasteiger partial charge is 0.457 e. The Hall–Kier alpha value is -5.74. The van der Waals surface area contributed by atoms with E-state index in [1.807, 2.05) is 42.5 Å². The van der Waals surface area contributed by atoms with Gasteiger partial charge in [0.2, 0.25) is 0 Å². The minimum atomic E-state index is 0.724. The van der Waals surface area contributed by atoms with Crippen molar-refractivity contribution in [2.45, 2.75) is 20.8 Å². The average molecular weight is 583 g/mol. The number of nitrogens with zero attached hydrogens (tertiary/aromatic N) is 2. The molecular weight excluding hydrogens is 552 g/mol. The van der Waals surface area contributed by atoms with E-state index in [2.05, 4.69) is 106 Å². The van der Waals surface area contributed by atoms with Crippen molar-refractivity contribution in [1.82, 2.24) is 9.97 Å². The van der Waals surface area contributed by atoms with E-state index in [4.69, 9.17) is 18.8 Å². The second kappa shape index (κ2) is 10.8. The Kier molecular flexibility index (Phi) is 6.42. The smallest absolute Gasteiger partial charge is 0.137 e. The van der Waals surface area contributed by atoms with Gasteiger partial charge in [0.05, 0.1) is 39.5 Å². The topological polar surface area (TPSA) is 52.1 Å². The molecule has 0 saturated carbocycles. The van der Waals surface area contributed by atoms with Crippen LogP contribution < -0.4 is 0 Å². The van der Waals surface area contributed by atoms with Gasteiger partial charge in [0, 0.05) is 6.07 Å². The van der Waals surface area contributed by atoms with E-state index in [0.717, 1.165) is 78.5 Å². The van der Waals surface area contributed by atoms with E-state index >= 15 is 0 Å². The molecule has 0 amide bonds. The maximum absolute atomic E-state index is 6.77. The first kappa shape index (κ1) is 26.9. The fraction of sp³-hybridized carbons (Fsp3) is 0.0732. The van der Waals surface area contributed by atoms with Crippen LogP contribution in [0.3, 0.4) is 0 Å². The van der Waals surface area contributed by atoms with Gasteiger partial charge in [0.15, 0.2) is 0 Å². The quantitative estimate of drug-likeness (QED) is 0.208. The van der Waals surface area contributed by atoms with Crippen LogP contribution >= 0.6 is 0 Å². The fourth-order valence-corrected chi connectivity index (χ4v) is 5.97. The Bertz CT molecular complexity index is 2270. The highest BCUT2D eigenvalue weighted by atomic mass is 16.3. The summed E-state index contributed by atoms with van der Waals surface area (Å²) in [4.78, 5) is 10.3. The third-order valence-electron chi connectivity index (χ3n) is 8.35. The van der Waals surface area contributed by atoms with Crippen LogP contribution in [0.2, 0.25) is 0 Å². The predicted octanol–water partition coefficient (Wildman–Crippen LogP) is 11.1. The second-order valence-corrected chi connectivity index (χ2v) is 11.7. The van der Waals surface area contributed by atoms with Gasteiger partial charge >= 0.3 is 0 Å². The van der Waals surface area contributed by atoms with E-state index in [1.165, 1.54) is 16.7 Å². The van der Waals surface area contributed by atoms with Crippen LogP contribution in [0, 0.1) is 20.8 Å². The molecule has 45 heavy (non-hydrogen) atoms. The molecule has 0 spiro atoms. The van der Waals surface area contributed by atoms with Gasteiger partial charge in [-0.1, -0.05) is 89.5 Å². The minimum Gasteiger partial charge on any atom is -0.457 e. The predicted molar refractivity (Wildman–Crippen MR) is 185 cm³/mol. The molecule has 0 unspecified atom stereocenters. The molecule has 4 nitrogen and oxygen atoms in total. The van der Waals surface area contributed by atoms with Gasteiger partial charge in [-0.3, -0.25) is 0 Å². The summed E-state index contributed by atoms with van der Waals surface area (Å²) in [5.41, 5.74) is 15.7. The van der Waals surface area contributed by atoms with Crippen LogP contribution in [0.1, 0.15) is 39.5 Å². The number of furan rings is 2. The highest BCUT2D eigenvalue weighted by molar-refractivity contribution is 5.96. The second-order valence-electron chi connectivity index (χ2n) is 11.7. The van der Waals surface area contributed by atoms with Crippen LogP contribution in [-0.4, -0.2) is 9.97 Å². The van der Waals surface area contributed by atoms with Crippen molar-refractivity contribution >= 4 is 46.6 Å². The molecular formula is C41H30N2O2. The zero-order chi connectivity index (χ0) is 30.5. The van der Waals surface area contributed by atoms with E-state index in [0.29, 0.717) is 0 Å². The summed E-state index contributed by atoms with van der Waals surface area (Å²) in [5, 5.41) is 0. The molecule has 0 saturated heterocycles. The number of hydrogen-bond acceptors (Lipinski definition) is 4. The van der Waals surface area contributed by atoms with E-state index in [-0.39, 0.29) is 0 Å². The lowest BCUT2D eigenvalue weighted by molar-refractivity contribution is 0.666. The summed E-state index contributed by atoms with van der Waals surface area (Å²) in [6.07, 6.45) is 8.21. The van der Waals surface area contributed by atoms with Gasteiger partial charge in [-0.15, -0.1) is 0 Å². The normalized spacial score (nSPS) is 12.2. The van der Waals surface area contributed by atoms with Crippen LogP contribution in [-0.2, 0) is 0 Å². The Balaban J connectivity index is 1.52. The minimum absolute atomic E-state index is 0.724. The molecule has 3 aromatic heterocycles. The first-order chi connectivity index (χ1) is 22.0. The molecule has 0 fully saturated rings. The van der Waals surface area contributed by atoms with Crippen LogP contribution in [0.15, 0.2) is 112 Å². The van der Waals surface area contributed by atoms with E-state index in [1.54, 1.807) is 0 Å². The van der Waals surface area contributed by atoms with Crippen molar-refractivity contribution in [2.75, 3.05) is 0 Å². The SMILES string of the molecule is Cc1ccc(-c2c3nc(c(-c4ccc(C)cc4)c4ccc(o4)c(-c4ccc(C)cc4)c4nc(cc5ccc2o5)C=C4)C=C3)cc1. The lowest BCUT2D eigenvalue weighted by Crippen LogP contribution is -1.87. The van der Waals surface area contributed by atoms with Crippen LogP contribution in [0.5, 0.6) is 0 Å². The molecule has 0 atom stereocenters. The molecule has 216 valence electrons. The van der Waals surface area contributed by atoms with Crippen molar-refractivity contribution in [2.24, 2.45) is 0 Å². The number of fused-ring (bicyclic) bond motifs is 8. The number of aryl methyl sites for hydroxylation is 3. The van der Waals surface area contributed by atoms with Crippen molar-refractivity contribution < 1.29 is 8.83 Å². The van der Waals surface area contributed by atoms with Gasteiger partial charge in [-0.05, 0) is 86.0 Å². The molecule has 3 aromatic carbocycles. The summed E-state index contributed by atoms with van der Waals surface area (Å²) >= 11 is 0. The molecule has 8 bridgehead atoms. The number of rotatable bonds is 3. The standard InChI is InChI=1S/C41H30N2O2/c1-25-4-10-28(11-5-25)39-33-18-16-31(42-33)24-32-17-21-36(44-32)40(29-12-6-26(2)7-13-29)34-19-20-35(43-34)41(38-23-22-37(39)45-38)30-14-8-27(3)9-15-30/h4-24H,1-3H3. The van der Waals surface area contributed by atoms with Crippen molar-refractivity contribution in [3.05, 3.63) is 143 Å². The first-order valence-electron chi connectivity index (χ1n) is 15.1. The molecule has 6 aromatic rings. The molecule has 8 rings (SSSR count). The fourth-order valence-electron chi connectivity index (χ4n) is 5.97. The van der Waals surface area contributed by atoms with Crippen LogP contribution in [0.4, 0.5) is 0 Å². The lowest BCUT2D eigenvalue weighted by atomic mass is 10.0. The summed E-state index contributed by atoms with van der Waals surface area (Å²) < 4.78 is 13.3. The highest BCUT2D eigenvalue weighted by Crippen LogP contribution is 2.38. The van der Waals surface area contributed by atoms with Gasteiger partial charge in [-0.2, -0.15) is 0 Å². The Morgan fingerprint density at radius 2 is 0.800 bits per heavy atom. The maximum atomic E-state index is 6.77. The summed E-state index contributed by atoms with van der Waals surface area (Å²) in [6.45, 7) is 6.28. The summed E-state index contributed by atoms with van der Waals surface area (Å²) in [7, 11) is 0. The van der Waals surface area contributed by atoms with Gasteiger partial charge in [0.25, 0.3) is 0 Å². The number of hydrogen-bond donors (Lipinski definition) is 0. The first-order valence-corrected chi connectivity index (χ1v) is 15.1. The van der Waals surface area contributed by atoms with Crippen LogP contribution in [0.25, 0.3) is 80.0 Å². The number of aromatic nitrogens is 2. The monoisotopic (exact) mass is 582 g/mol. The third kappa shape index (κ3) is 5.00. The average Bonchev–Trinajstić information content (AvgIpc) is 3.87. The molecule has 0 N–H and O–H groups in total. The zero-order valence-corrected chi connectivity index (χ0v) is 25.3. The zero-order valence-electron chi connectivity index (χ0n) is 25.3. The molecule has 2 aliphatic rings. The summed E-state index contributed by atoms with van der Waals surface area (Å²) in [5.74, 6) is 0. The Labute approximate surface area is 261 Å². The molecule has 0 aliphatic carbocycles. The molecule has 5 heterocycles. The van der Waals surface area contributed by atoms with E-state index in [9.17, 15) is 0 Å². The van der Waals surface area contributed by atoms with Crippen molar-refractivity contribution in [1.29, 1.82) is 0 Å². The Morgan fingerprint density at radius 3 is 1.29 bits per heavy atom. The molecule has 4 heteroatoms. The van der Waals surface area contributed by atoms with E-state index < -0.39 is 0 Å². The molecule has 2 aliphatic heterocycles. The van der Waals surface area contributed by atoms with Crippen molar-refractivity contribution in [3.63, 3.8) is 0 Å². The maximum Gasteiger partial charge on any atom is 0.137 e. The van der Waals surface area contributed by atoms with Crippen molar-refractivity contribution in [3.8, 4) is 33.4 Å². The van der Waals surface area contributed by atoms with Gasteiger partial charge < -0.3 is 8.83 Å². The summed E-state index contributed by atoms with van der Waals surface area (Å²) in [6, 6.07) is 35.6. The molecule has 0 radical (unpaired) electrons. The number of benzene rings is 3. The lowest BCUT2D eigenvalue weighted by Gasteiger charge is -2.06. The Morgan fingerprint density at radius 1 is 0.400 bits per heavy atom. The third-order valence-corrected chi connectivity index (χ3v) is 8.35.